The summed E-state index contributed by atoms with van der Waals surface area (Å²) >= 11 is 0. The van der Waals surface area contributed by atoms with E-state index in [0.29, 0.717) is 38.4 Å². The highest BCUT2D eigenvalue weighted by Gasteiger charge is 2.41. The van der Waals surface area contributed by atoms with Crippen LogP contribution in [0.5, 0.6) is 17.2 Å². The topological polar surface area (TPSA) is 85.2 Å². The van der Waals surface area contributed by atoms with Crippen molar-refractivity contribution in [3.05, 3.63) is 52.1 Å². The molecule has 2 aromatic carbocycles. The molecular formula is C23H28NO6+. The fourth-order valence-electron chi connectivity index (χ4n) is 4.55. The first-order valence-electron chi connectivity index (χ1n) is 10.1. The Kier molecular flexibility index (Phi) is 5.44. The Morgan fingerprint density at radius 1 is 1.17 bits per heavy atom. The first-order valence-corrected chi connectivity index (χ1v) is 10.1. The number of aliphatic hydroxyl groups excluding tert-OH is 2. The summed E-state index contributed by atoms with van der Waals surface area (Å²) in [5.74, 6) is 1.76. The number of carbonyl (C=O) groups is 1. The summed E-state index contributed by atoms with van der Waals surface area (Å²) in [7, 11) is 5.76. The number of methoxy groups -OCH3 is 1. The van der Waals surface area contributed by atoms with Crippen LogP contribution in [0.15, 0.2) is 24.3 Å². The van der Waals surface area contributed by atoms with Crippen LogP contribution in [0.2, 0.25) is 0 Å². The van der Waals surface area contributed by atoms with E-state index in [1.54, 1.807) is 18.2 Å². The van der Waals surface area contributed by atoms with Gasteiger partial charge in [-0.25, -0.2) is 0 Å². The number of fused-ring (bicyclic) bond motifs is 2. The van der Waals surface area contributed by atoms with E-state index in [1.165, 1.54) is 7.11 Å². The van der Waals surface area contributed by atoms with E-state index in [1.807, 2.05) is 6.07 Å². The summed E-state index contributed by atoms with van der Waals surface area (Å²) in [5, 5.41) is 19.7. The number of hydrogen-bond acceptors (Lipinski definition) is 6. The Labute approximate surface area is 176 Å². The van der Waals surface area contributed by atoms with Crippen LogP contribution in [0, 0.1) is 0 Å². The van der Waals surface area contributed by atoms with E-state index >= 15 is 0 Å². The largest absolute Gasteiger partial charge is 0.497 e. The molecule has 30 heavy (non-hydrogen) atoms. The standard InChI is InChI=1S/C23H28NO6/c1-24(2)5-4-15-9-21-23(30-13-29-21)18(12-26)22(15)19(24)10-20(27)16-6-14(11-25)7-17(8-16)28-3/h6-9,19,25-26H,4-5,10-13H2,1-3H3/q+1. The molecule has 2 heterocycles. The highest BCUT2D eigenvalue weighted by Crippen LogP contribution is 2.47. The molecule has 160 valence electrons. The summed E-state index contributed by atoms with van der Waals surface area (Å²) in [6.07, 6.45) is 1.11. The van der Waals surface area contributed by atoms with Gasteiger partial charge in [-0.1, -0.05) is 0 Å². The number of rotatable bonds is 6. The molecule has 2 N–H and O–H groups in total. The molecule has 0 saturated heterocycles. The van der Waals surface area contributed by atoms with Crippen LogP contribution in [0.4, 0.5) is 0 Å². The molecule has 0 bridgehead atoms. The smallest absolute Gasteiger partial charge is 0.231 e. The van der Waals surface area contributed by atoms with Gasteiger partial charge in [0.25, 0.3) is 0 Å². The average Bonchev–Trinajstić information content (AvgIpc) is 3.22. The predicted molar refractivity (Wildman–Crippen MR) is 110 cm³/mol. The molecular weight excluding hydrogens is 386 g/mol. The SMILES string of the molecule is COc1cc(CO)cc(C(=O)CC2c3c(cc4c(c3CO)OCO4)CC[N+]2(C)C)c1. The summed E-state index contributed by atoms with van der Waals surface area (Å²) in [5.41, 5.74) is 3.94. The minimum Gasteiger partial charge on any atom is -0.497 e. The molecule has 0 radical (unpaired) electrons. The monoisotopic (exact) mass is 414 g/mol. The molecule has 7 heteroatoms. The second-order valence-corrected chi connectivity index (χ2v) is 8.44. The number of nitrogens with zero attached hydrogens (tertiary/aromatic N) is 1. The molecule has 0 fully saturated rings. The maximum absolute atomic E-state index is 13.3. The van der Waals surface area contributed by atoms with Gasteiger partial charge in [0.2, 0.25) is 6.79 Å². The van der Waals surface area contributed by atoms with Crippen LogP contribution in [0.25, 0.3) is 0 Å². The van der Waals surface area contributed by atoms with Crippen molar-refractivity contribution in [3.63, 3.8) is 0 Å². The lowest BCUT2D eigenvalue weighted by atomic mass is 9.83. The number of likely N-dealkylation sites (N-methyl/N-ethyl adjacent to an activating group) is 1. The van der Waals surface area contributed by atoms with Crippen LogP contribution < -0.4 is 14.2 Å². The first-order chi connectivity index (χ1) is 14.4. The molecule has 0 spiro atoms. The van der Waals surface area contributed by atoms with Gasteiger partial charge < -0.3 is 28.9 Å². The van der Waals surface area contributed by atoms with Crippen molar-refractivity contribution in [1.29, 1.82) is 0 Å². The lowest BCUT2D eigenvalue weighted by Crippen LogP contribution is -2.49. The minimum atomic E-state index is -0.173. The number of benzene rings is 2. The number of carbonyl (C=O) groups excluding carboxylic acids is 1. The van der Waals surface area contributed by atoms with Crippen LogP contribution >= 0.6 is 0 Å². The van der Waals surface area contributed by atoms with Gasteiger partial charge in [0.1, 0.15) is 11.8 Å². The number of hydrogen-bond donors (Lipinski definition) is 2. The zero-order valence-electron chi connectivity index (χ0n) is 17.6. The molecule has 7 nitrogen and oxygen atoms in total. The molecule has 0 aliphatic carbocycles. The van der Waals surface area contributed by atoms with Gasteiger partial charge in [-0.15, -0.1) is 0 Å². The van der Waals surface area contributed by atoms with Gasteiger partial charge in [-0.05, 0) is 35.4 Å². The normalized spacial score (nSPS) is 18.8. The van der Waals surface area contributed by atoms with Crippen LogP contribution in [0.1, 0.15) is 45.1 Å². The van der Waals surface area contributed by atoms with Crippen molar-refractivity contribution >= 4 is 5.78 Å². The molecule has 1 atom stereocenters. The van der Waals surface area contributed by atoms with E-state index in [0.717, 1.165) is 24.1 Å². The van der Waals surface area contributed by atoms with Gasteiger partial charge in [-0.3, -0.25) is 4.79 Å². The van der Waals surface area contributed by atoms with Crippen molar-refractivity contribution in [2.24, 2.45) is 0 Å². The average molecular weight is 414 g/mol. The summed E-state index contributed by atoms with van der Waals surface area (Å²) in [6, 6.07) is 6.99. The number of quaternary nitrogens is 1. The summed E-state index contributed by atoms with van der Waals surface area (Å²) in [6.45, 7) is 0.674. The van der Waals surface area contributed by atoms with E-state index < -0.39 is 0 Å². The fraction of sp³-hybridized carbons (Fsp3) is 0.435. The minimum absolute atomic E-state index is 0.0331. The van der Waals surface area contributed by atoms with Crippen LogP contribution in [-0.2, 0) is 19.6 Å². The Morgan fingerprint density at radius 3 is 2.67 bits per heavy atom. The first kappa shape index (κ1) is 20.7. The maximum Gasteiger partial charge on any atom is 0.231 e. The van der Waals surface area contributed by atoms with Crippen molar-refractivity contribution in [2.45, 2.75) is 32.1 Å². The lowest BCUT2D eigenvalue weighted by molar-refractivity contribution is -0.922. The molecule has 2 aromatic rings. The Morgan fingerprint density at radius 2 is 1.97 bits per heavy atom. The molecule has 2 aliphatic heterocycles. The lowest BCUT2D eigenvalue weighted by Gasteiger charge is -2.43. The van der Waals surface area contributed by atoms with Crippen molar-refractivity contribution < 1.29 is 33.7 Å². The molecule has 2 aliphatic rings. The third kappa shape index (κ3) is 3.53. The van der Waals surface area contributed by atoms with Crippen LogP contribution in [-0.4, -0.2) is 55.0 Å². The second kappa shape index (κ2) is 7.91. The Bertz CT molecular complexity index is 962. The molecule has 4 rings (SSSR count). The van der Waals surface area contributed by atoms with E-state index in [-0.39, 0.29) is 38.3 Å². The highest BCUT2D eigenvalue weighted by molar-refractivity contribution is 5.97. The van der Waals surface area contributed by atoms with Crippen molar-refractivity contribution in [3.8, 4) is 17.2 Å². The maximum atomic E-state index is 13.3. The zero-order chi connectivity index (χ0) is 21.5. The molecule has 0 amide bonds. The van der Waals surface area contributed by atoms with Gasteiger partial charge in [0.05, 0.1) is 47.4 Å². The van der Waals surface area contributed by atoms with E-state index in [2.05, 4.69) is 14.1 Å². The third-order valence-corrected chi connectivity index (χ3v) is 6.27. The predicted octanol–water partition coefficient (Wildman–Crippen LogP) is 2.36. The van der Waals surface area contributed by atoms with E-state index in [9.17, 15) is 15.0 Å². The Hall–Kier alpha value is -2.61. The Balaban J connectivity index is 1.75. The number of ketones is 1. The van der Waals surface area contributed by atoms with Crippen molar-refractivity contribution in [2.75, 3.05) is 34.5 Å². The fourth-order valence-corrected chi connectivity index (χ4v) is 4.55. The second-order valence-electron chi connectivity index (χ2n) is 8.44. The molecule has 0 saturated carbocycles. The molecule has 0 aromatic heterocycles. The zero-order valence-corrected chi connectivity index (χ0v) is 17.6. The van der Waals surface area contributed by atoms with Gasteiger partial charge in [0.15, 0.2) is 17.3 Å². The third-order valence-electron chi connectivity index (χ3n) is 6.27. The summed E-state index contributed by atoms with van der Waals surface area (Å²) in [4.78, 5) is 13.3. The summed E-state index contributed by atoms with van der Waals surface area (Å²) < 4.78 is 17.1. The van der Waals surface area contributed by atoms with E-state index in [4.69, 9.17) is 14.2 Å². The van der Waals surface area contributed by atoms with Crippen LogP contribution in [0.3, 0.4) is 0 Å². The number of Topliss-reactive ketones (excluding diaryl/α,β-unsaturated/α-hetero) is 1. The van der Waals surface area contributed by atoms with Gasteiger partial charge in [-0.2, -0.15) is 0 Å². The highest BCUT2D eigenvalue weighted by atomic mass is 16.7. The van der Waals surface area contributed by atoms with Gasteiger partial charge in [0, 0.05) is 23.1 Å². The number of ether oxygens (including phenoxy) is 3. The van der Waals surface area contributed by atoms with Gasteiger partial charge >= 0.3 is 0 Å². The molecule has 1 unspecified atom stereocenters. The number of aliphatic hydroxyl groups is 2. The quantitative estimate of drug-likeness (QED) is 0.558. The van der Waals surface area contributed by atoms with Crippen molar-refractivity contribution in [1.82, 2.24) is 0 Å².